The van der Waals surface area contributed by atoms with E-state index in [1.807, 2.05) is 138 Å². The Kier molecular flexibility index (Phi) is 12.2. The normalized spacial score (nSPS) is 18.7. The SMILES string of the molecule is CN1CCN(C(=O)N[C@@H](C(=O)N2CCC[C@H]2c2ncc(-c3ccc(C#Cc4ccc(-c5cnc([C@@H]6CCCN6C(=O)[C@H](N)c6ccccc6)[nH]5)cc4)cc3)[nH]2)c2ccccc2)CC1. The number of carbonyl (C=O) groups excluding carboxylic acids is 3. The van der Waals surface area contributed by atoms with Gasteiger partial charge in [0.15, 0.2) is 0 Å². The van der Waals surface area contributed by atoms with Crippen LogP contribution in [-0.4, -0.2) is 104 Å². The molecule has 0 radical (unpaired) electrons. The fraction of sp³-hybridized carbons (Fsp3) is 0.300. The van der Waals surface area contributed by atoms with Crippen molar-refractivity contribution in [3.63, 3.8) is 0 Å². The summed E-state index contributed by atoms with van der Waals surface area (Å²) in [6, 6.07) is 32.9. The number of carbonyl (C=O) groups is 3. The zero-order chi connectivity index (χ0) is 43.3. The average molecular weight is 841 g/mol. The van der Waals surface area contributed by atoms with E-state index < -0.39 is 12.1 Å². The zero-order valence-corrected chi connectivity index (χ0v) is 35.4. The number of piperazine rings is 1. The first-order valence-corrected chi connectivity index (χ1v) is 21.8. The molecule has 2 aromatic heterocycles. The van der Waals surface area contributed by atoms with Gasteiger partial charge in [-0.2, -0.15) is 0 Å². The van der Waals surface area contributed by atoms with Crippen molar-refractivity contribution in [2.24, 2.45) is 5.73 Å². The van der Waals surface area contributed by atoms with Gasteiger partial charge in [0, 0.05) is 50.4 Å². The largest absolute Gasteiger partial charge is 0.340 e. The number of benzene rings is 4. The molecule has 13 heteroatoms. The van der Waals surface area contributed by atoms with Crippen molar-refractivity contribution in [1.29, 1.82) is 0 Å². The number of nitrogens with two attached hydrogens (primary N) is 1. The summed E-state index contributed by atoms with van der Waals surface area (Å²) in [4.78, 5) is 65.2. The van der Waals surface area contributed by atoms with Crippen molar-refractivity contribution >= 4 is 17.8 Å². The monoisotopic (exact) mass is 840 g/mol. The molecule has 4 atom stereocenters. The van der Waals surface area contributed by atoms with E-state index in [2.05, 4.69) is 37.0 Å². The molecule has 4 aromatic carbocycles. The summed E-state index contributed by atoms with van der Waals surface area (Å²) in [6.07, 6.45) is 6.98. The minimum Gasteiger partial charge on any atom is -0.340 e. The van der Waals surface area contributed by atoms with Crippen molar-refractivity contribution < 1.29 is 14.4 Å². The first-order valence-electron chi connectivity index (χ1n) is 21.8. The average Bonchev–Trinajstić information content (AvgIpc) is 4.18. The summed E-state index contributed by atoms with van der Waals surface area (Å²) in [6.45, 7) is 4.08. The Labute approximate surface area is 367 Å². The Hall–Kier alpha value is -7.01. The van der Waals surface area contributed by atoms with Crippen LogP contribution in [0.25, 0.3) is 22.5 Å². The van der Waals surface area contributed by atoms with E-state index in [-0.39, 0.29) is 29.9 Å². The Morgan fingerprint density at radius 2 is 1.11 bits per heavy atom. The lowest BCUT2D eigenvalue weighted by Gasteiger charge is -2.34. The number of aromatic nitrogens is 4. The fourth-order valence-corrected chi connectivity index (χ4v) is 8.85. The molecular formula is C50H52N10O3. The molecule has 0 spiro atoms. The van der Waals surface area contributed by atoms with Gasteiger partial charge in [0.05, 0.1) is 35.9 Å². The second-order valence-corrected chi connectivity index (χ2v) is 16.6. The van der Waals surface area contributed by atoms with Crippen molar-refractivity contribution in [2.45, 2.75) is 49.9 Å². The summed E-state index contributed by atoms with van der Waals surface area (Å²) in [5, 5.41) is 3.07. The lowest BCUT2D eigenvalue weighted by molar-refractivity contribution is -0.135. The molecule has 3 aliphatic rings. The summed E-state index contributed by atoms with van der Waals surface area (Å²) in [5.74, 6) is 7.83. The number of imidazole rings is 2. The van der Waals surface area contributed by atoms with Crippen LogP contribution in [0.5, 0.6) is 0 Å². The predicted octanol–water partition coefficient (Wildman–Crippen LogP) is 6.59. The van der Waals surface area contributed by atoms with Crippen LogP contribution in [-0.2, 0) is 9.59 Å². The Bertz CT molecular complexity index is 2590. The Morgan fingerprint density at radius 3 is 1.62 bits per heavy atom. The molecule has 0 bridgehead atoms. The molecule has 9 rings (SSSR count). The van der Waals surface area contributed by atoms with Gasteiger partial charge in [-0.25, -0.2) is 14.8 Å². The number of likely N-dealkylation sites (N-methyl/N-ethyl adjacent to an activating group) is 1. The molecule has 0 unspecified atom stereocenters. The van der Waals surface area contributed by atoms with Gasteiger partial charge in [-0.1, -0.05) is 96.8 Å². The summed E-state index contributed by atoms with van der Waals surface area (Å²) in [7, 11) is 2.05. The molecule has 0 saturated carbocycles. The van der Waals surface area contributed by atoms with E-state index in [9.17, 15) is 14.4 Å². The van der Waals surface area contributed by atoms with Crippen molar-refractivity contribution in [2.75, 3.05) is 46.3 Å². The number of likely N-dealkylation sites (tertiary alicyclic amines) is 2. The van der Waals surface area contributed by atoms with Crippen LogP contribution in [0.3, 0.4) is 0 Å². The van der Waals surface area contributed by atoms with E-state index in [4.69, 9.17) is 10.7 Å². The Balaban J connectivity index is 0.826. The highest BCUT2D eigenvalue weighted by Crippen LogP contribution is 2.35. The molecule has 13 nitrogen and oxygen atoms in total. The number of urea groups is 1. The van der Waals surface area contributed by atoms with Crippen molar-refractivity contribution in [3.8, 4) is 34.4 Å². The number of hydrogen-bond donors (Lipinski definition) is 4. The van der Waals surface area contributed by atoms with Crippen LogP contribution in [0, 0.1) is 11.8 Å². The molecule has 320 valence electrons. The van der Waals surface area contributed by atoms with E-state index in [1.54, 1.807) is 4.90 Å². The highest BCUT2D eigenvalue weighted by Gasteiger charge is 2.38. The van der Waals surface area contributed by atoms with Gasteiger partial charge in [0.1, 0.15) is 23.7 Å². The number of H-pyrrole nitrogens is 2. The maximum atomic E-state index is 14.3. The molecule has 5 N–H and O–H groups in total. The van der Waals surface area contributed by atoms with Gasteiger partial charge in [-0.05, 0) is 79.3 Å². The smallest absolute Gasteiger partial charge is 0.318 e. The number of nitrogens with one attached hydrogen (secondary N) is 3. The highest BCUT2D eigenvalue weighted by molar-refractivity contribution is 5.89. The van der Waals surface area contributed by atoms with Gasteiger partial charge in [0.25, 0.3) is 0 Å². The standard InChI is InChI=1S/C50H52N10O3/c1-57-28-30-58(31-29-57)50(63)56-45(39-12-6-3-7-13-39)49(62)60-27-9-15-43(60)47-53-33-41(55-47)37-24-20-35(21-25-37)17-16-34-18-22-36(23-19-34)40-32-52-46(54-40)42-14-8-26-59(42)48(61)44(51)38-10-4-2-5-11-38/h2-7,10-13,18-25,32-33,42-45H,8-9,14-15,26-31,51H2,1H3,(H,52,54)(H,53,55)(H,56,63)/t42-,43-,44+,45+/m0/s1. The lowest BCUT2D eigenvalue weighted by Crippen LogP contribution is -2.53. The number of aromatic amines is 2. The summed E-state index contributed by atoms with van der Waals surface area (Å²) in [5.41, 5.74) is 13.4. The zero-order valence-electron chi connectivity index (χ0n) is 35.4. The predicted molar refractivity (Wildman–Crippen MR) is 242 cm³/mol. The van der Waals surface area contributed by atoms with Crippen molar-refractivity contribution in [1.82, 2.24) is 44.9 Å². The van der Waals surface area contributed by atoms with E-state index in [1.165, 1.54) is 0 Å². The lowest BCUT2D eigenvalue weighted by atomic mass is 10.0. The van der Waals surface area contributed by atoms with Crippen LogP contribution < -0.4 is 11.1 Å². The van der Waals surface area contributed by atoms with Gasteiger partial charge in [-0.3, -0.25) is 9.59 Å². The molecule has 6 aromatic rings. The second kappa shape index (κ2) is 18.5. The molecular weight excluding hydrogens is 789 g/mol. The summed E-state index contributed by atoms with van der Waals surface area (Å²) >= 11 is 0. The maximum Gasteiger partial charge on any atom is 0.318 e. The number of hydrogen-bond acceptors (Lipinski definition) is 7. The second-order valence-electron chi connectivity index (χ2n) is 16.6. The maximum absolute atomic E-state index is 14.3. The van der Waals surface area contributed by atoms with E-state index in [0.717, 1.165) is 95.2 Å². The minimum absolute atomic E-state index is 0.0886. The van der Waals surface area contributed by atoms with Crippen LogP contribution in [0.15, 0.2) is 122 Å². The summed E-state index contributed by atoms with van der Waals surface area (Å²) < 4.78 is 0. The van der Waals surface area contributed by atoms with Crippen LogP contribution in [0.4, 0.5) is 4.79 Å². The van der Waals surface area contributed by atoms with E-state index >= 15 is 0 Å². The molecule has 63 heavy (non-hydrogen) atoms. The molecule has 5 heterocycles. The Morgan fingerprint density at radius 1 is 0.635 bits per heavy atom. The van der Waals surface area contributed by atoms with Crippen LogP contribution >= 0.6 is 0 Å². The molecule has 3 saturated heterocycles. The van der Waals surface area contributed by atoms with Gasteiger partial charge >= 0.3 is 6.03 Å². The first kappa shape index (κ1) is 41.3. The number of amides is 4. The molecule has 4 amide bonds. The number of nitrogens with zero attached hydrogens (tertiary/aromatic N) is 6. The highest BCUT2D eigenvalue weighted by atomic mass is 16.2. The molecule has 0 aliphatic carbocycles. The molecule has 3 fully saturated rings. The third-order valence-corrected chi connectivity index (χ3v) is 12.5. The topological polar surface area (TPSA) is 160 Å². The quantitative estimate of drug-likeness (QED) is 0.120. The van der Waals surface area contributed by atoms with Crippen molar-refractivity contribution in [3.05, 3.63) is 155 Å². The van der Waals surface area contributed by atoms with E-state index in [0.29, 0.717) is 26.2 Å². The third-order valence-electron chi connectivity index (χ3n) is 12.5. The number of rotatable bonds is 9. The fourth-order valence-electron chi connectivity index (χ4n) is 8.85. The van der Waals surface area contributed by atoms with Crippen LogP contribution in [0.2, 0.25) is 0 Å². The minimum atomic E-state index is -0.803. The first-order chi connectivity index (χ1) is 30.8. The van der Waals surface area contributed by atoms with Crippen LogP contribution in [0.1, 0.15) is 83.8 Å². The van der Waals surface area contributed by atoms with Gasteiger partial charge in [-0.15, -0.1) is 0 Å². The van der Waals surface area contributed by atoms with Gasteiger partial charge in [0.2, 0.25) is 11.8 Å². The third kappa shape index (κ3) is 9.14. The van der Waals surface area contributed by atoms with Gasteiger partial charge < -0.3 is 40.6 Å². The molecule has 3 aliphatic heterocycles.